The van der Waals surface area contributed by atoms with E-state index in [1.165, 1.54) is 42.8 Å². The standard InChI is InChI=1S/C15H28N4/c1-5-7-10-19(6-2)15-14(11-16-13-8-9-13)12(3)17-18(15)4/h13,16H,5-11H2,1-4H3. The summed E-state index contributed by atoms with van der Waals surface area (Å²) < 4.78 is 2.05. The Morgan fingerprint density at radius 2 is 2.11 bits per heavy atom. The van der Waals surface area contributed by atoms with Gasteiger partial charge in [0.1, 0.15) is 5.82 Å². The topological polar surface area (TPSA) is 33.1 Å². The van der Waals surface area contributed by atoms with Crippen molar-refractivity contribution in [2.75, 3.05) is 18.0 Å². The van der Waals surface area contributed by atoms with Gasteiger partial charge < -0.3 is 10.2 Å². The maximum Gasteiger partial charge on any atom is 0.131 e. The van der Waals surface area contributed by atoms with E-state index in [9.17, 15) is 0 Å². The summed E-state index contributed by atoms with van der Waals surface area (Å²) in [7, 11) is 2.07. The largest absolute Gasteiger partial charge is 0.357 e. The summed E-state index contributed by atoms with van der Waals surface area (Å²) in [6, 6.07) is 0.748. The van der Waals surface area contributed by atoms with Gasteiger partial charge in [-0.2, -0.15) is 5.10 Å². The van der Waals surface area contributed by atoms with E-state index < -0.39 is 0 Å². The van der Waals surface area contributed by atoms with Crippen LogP contribution in [-0.2, 0) is 13.6 Å². The highest BCUT2D eigenvalue weighted by Crippen LogP contribution is 2.26. The Morgan fingerprint density at radius 3 is 2.68 bits per heavy atom. The highest BCUT2D eigenvalue weighted by molar-refractivity contribution is 5.50. The lowest BCUT2D eigenvalue weighted by Gasteiger charge is -2.24. The number of unbranched alkanes of at least 4 members (excludes halogenated alkanes) is 1. The van der Waals surface area contributed by atoms with E-state index in [2.05, 4.69) is 47.8 Å². The predicted molar refractivity (Wildman–Crippen MR) is 80.6 cm³/mol. The van der Waals surface area contributed by atoms with Gasteiger partial charge in [-0.3, -0.25) is 4.68 Å². The predicted octanol–water partition coefficient (Wildman–Crippen LogP) is 2.61. The molecule has 1 aliphatic rings. The van der Waals surface area contributed by atoms with Gasteiger partial charge in [0.05, 0.1) is 5.69 Å². The van der Waals surface area contributed by atoms with Crippen molar-refractivity contribution in [3.63, 3.8) is 0 Å². The first-order valence-electron chi connectivity index (χ1n) is 7.68. The molecule has 4 nitrogen and oxygen atoms in total. The summed E-state index contributed by atoms with van der Waals surface area (Å²) in [4.78, 5) is 2.47. The molecular formula is C15H28N4. The van der Waals surface area contributed by atoms with Gasteiger partial charge in [-0.25, -0.2) is 0 Å². The Hall–Kier alpha value is -1.03. The van der Waals surface area contributed by atoms with Crippen LogP contribution in [0.5, 0.6) is 0 Å². The van der Waals surface area contributed by atoms with Gasteiger partial charge in [-0.05, 0) is 33.1 Å². The quantitative estimate of drug-likeness (QED) is 0.783. The van der Waals surface area contributed by atoms with Crippen LogP contribution in [0, 0.1) is 6.92 Å². The monoisotopic (exact) mass is 264 g/mol. The number of nitrogens with zero attached hydrogens (tertiary/aromatic N) is 3. The first kappa shape index (κ1) is 14.4. The Kier molecular flexibility index (Phi) is 4.86. The highest BCUT2D eigenvalue weighted by Gasteiger charge is 2.23. The van der Waals surface area contributed by atoms with Gasteiger partial charge in [0, 0.05) is 38.3 Å². The Morgan fingerprint density at radius 1 is 1.37 bits per heavy atom. The average molecular weight is 264 g/mol. The minimum absolute atomic E-state index is 0.748. The van der Waals surface area contributed by atoms with Crippen LogP contribution in [0.1, 0.15) is 50.8 Å². The fourth-order valence-electron chi connectivity index (χ4n) is 2.59. The first-order chi connectivity index (χ1) is 9.17. The van der Waals surface area contributed by atoms with Gasteiger partial charge in [-0.1, -0.05) is 13.3 Å². The SMILES string of the molecule is CCCCN(CC)c1c(CNC2CC2)c(C)nn1C. The van der Waals surface area contributed by atoms with Crippen LogP contribution in [0.4, 0.5) is 5.82 Å². The van der Waals surface area contributed by atoms with Gasteiger partial charge in [0.2, 0.25) is 0 Å². The molecule has 0 unspecified atom stereocenters. The Balaban J connectivity index is 2.14. The minimum atomic E-state index is 0.748. The number of rotatable bonds is 8. The number of anilines is 1. The van der Waals surface area contributed by atoms with Crippen LogP contribution in [0.3, 0.4) is 0 Å². The lowest BCUT2D eigenvalue weighted by atomic mass is 10.2. The zero-order chi connectivity index (χ0) is 13.8. The van der Waals surface area contributed by atoms with Crippen LogP contribution >= 0.6 is 0 Å². The summed E-state index contributed by atoms with van der Waals surface area (Å²) in [6.07, 6.45) is 5.15. The molecule has 2 rings (SSSR count). The summed E-state index contributed by atoms with van der Waals surface area (Å²) in [5.74, 6) is 1.31. The fraction of sp³-hybridized carbons (Fsp3) is 0.800. The third kappa shape index (κ3) is 3.50. The van der Waals surface area contributed by atoms with Crippen LogP contribution in [0.2, 0.25) is 0 Å². The normalized spacial score (nSPS) is 14.9. The molecule has 0 atom stereocenters. The molecule has 1 heterocycles. The van der Waals surface area contributed by atoms with Crippen LogP contribution in [-0.4, -0.2) is 28.9 Å². The molecule has 0 radical (unpaired) electrons. The molecule has 0 aromatic carbocycles. The molecule has 0 saturated heterocycles. The second-order valence-corrected chi connectivity index (χ2v) is 5.60. The lowest BCUT2D eigenvalue weighted by molar-refractivity contribution is 0.661. The van der Waals surface area contributed by atoms with Gasteiger partial charge in [0.15, 0.2) is 0 Å². The molecule has 1 aliphatic carbocycles. The molecular weight excluding hydrogens is 236 g/mol. The molecule has 108 valence electrons. The van der Waals surface area contributed by atoms with E-state index in [-0.39, 0.29) is 0 Å². The van der Waals surface area contributed by atoms with E-state index in [4.69, 9.17) is 0 Å². The van der Waals surface area contributed by atoms with Crippen molar-refractivity contribution in [1.29, 1.82) is 0 Å². The smallest absolute Gasteiger partial charge is 0.131 e. The molecule has 1 saturated carbocycles. The van der Waals surface area contributed by atoms with Crippen molar-refractivity contribution < 1.29 is 0 Å². The van der Waals surface area contributed by atoms with Crippen LogP contribution in [0.25, 0.3) is 0 Å². The second-order valence-electron chi connectivity index (χ2n) is 5.60. The number of aryl methyl sites for hydroxylation is 2. The van der Waals surface area contributed by atoms with Crippen molar-refractivity contribution in [3.05, 3.63) is 11.3 Å². The van der Waals surface area contributed by atoms with Gasteiger partial charge in [0.25, 0.3) is 0 Å². The molecule has 4 heteroatoms. The zero-order valence-corrected chi connectivity index (χ0v) is 12.9. The lowest BCUT2D eigenvalue weighted by Crippen LogP contribution is -2.28. The molecule has 0 spiro atoms. The number of aromatic nitrogens is 2. The number of nitrogens with one attached hydrogen (secondary N) is 1. The second kappa shape index (κ2) is 6.42. The Bertz CT molecular complexity index is 407. The average Bonchev–Trinajstić information content (AvgIpc) is 3.16. The molecule has 1 aromatic heterocycles. The highest BCUT2D eigenvalue weighted by atomic mass is 15.4. The summed E-state index contributed by atoms with van der Waals surface area (Å²) in [5, 5.41) is 8.24. The fourth-order valence-corrected chi connectivity index (χ4v) is 2.59. The zero-order valence-electron chi connectivity index (χ0n) is 12.9. The third-order valence-corrected chi connectivity index (χ3v) is 3.92. The molecule has 0 aliphatic heterocycles. The van der Waals surface area contributed by atoms with E-state index in [0.29, 0.717) is 0 Å². The maximum atomic E-state index is 4.62. The van der Waals surface area contributed by atoms with Crippen molar-refractivity contribution >= 4 is 5.82 Å². The molecule has 0 amide bonds. The van der Waals surface area contributed by atoms with E-state index >= 15 is 0 Å². The van der Waals surface area contributed by atoms with E-state index in [1.807, 2.05) is 0 Å². The van der Waals surface area contributed by atoms with E-state index in [0.717, 1.165) is 25.7 Å². The summed E-state index contributed by atoms with van der Waals surface area (Å²) in [5.41, 5.74) is 2.55. The molecule has 1 N–H and O–H groups in total. The summed E-state index contributed by atoms with van der Waals surface area (Å²) in [6.45, 7) is 9.75. The van der Waals surface area contributed by atoms with Crippen molar-refractivity contribution in [3.8, 4) is 0 Å². The van der Waals surface area contributed by atoms with Gasteiger partial charge >= 0.3 is 0 Å². The minimum Gasteiger partial charge on any atom is -0.357 e. The van der Waals surface area contributed by atoms with Gasteiger partial charge in [-0.15, -0.1) is 0 Å². The summed E-state index contributed by atoms with van der Waals surface area (Å²) >= 11 is 0. The molecule has 1 fully saturated rings. The number of hydrogen-bond donors (Lipinski definition) is 1. The molecule has 1 aromatic rings. The van der Waals surface area contributed by atoms with Crippen LogP contribution < -0.4 is 10.2 Å². The Labute approximate surface area is 117 Å². The molecule has 0 bridgehead atoms. The number of hydrogen-bond acceptors (Lipinski definition) is 3. The maximum absolute atomic E-state index is 4.62. The first-order valence-corrected chi connectivity index (χ1v) is 7.68. The van der Waals surface area contributed by atoms with Crippen molar-refractivity contribution in [1.82, 2.24) is 15.1 Å². The van der Waals surface area contributed by atoms with Crippen molar-refractivity contribution in [2.45, 2.75) is 59.0 Å². The third-order valence-electron chi connectivity index (χ3n) is 3.92. The van der Waals surface area contributed by atoms with Crippen molar-refractivity contribution in [2.24, 2.45) is 7.05 Å². The van der Waals surface area contributed by atoms with E-state index in [1.54, 1.807) is 0 Å². The molecule has 19 heavy (non-hydrogen) atoms. The van der Waals surface area contributed by atoms with Crippen LogP contribution in [0.15, 0.2) is 0 Å².